The van der Waals surface area contributed by atoms with E-state index in [-0.39, 0.29) is 0 Å². The Hall–Kier alpha value is -2.77. The van der Waals surface area contributed by atoms with E-state index >= 15 is 0 Å². The van der Waals surface area contributed by atoms with E-state index in [4.69, 9.17) is 0 Å². The minimum Gasteiger partial charge on any atom is -0.204 e. The number of rotatable bonds is 5. The maximum Gasteiger partial charge on any atom is 0.153 e. The van der Waals surface area contributed by atoms with Gasteiger partial charge in [-0.1, -0.05) is 30.9 Å². The normalized spacial score (nSPS) is 10.0. The van der Waals surface area contributed by atoms with Gasteiger partial charge in [-0.05, 0) is 84.0 Å². The van der Waals surface area contributed by atoms with E-state index in [2.05, 4.69) is 48.1 Å². The Bertz CT molecular complexity index is 1080. The molecule has 0 spiro atoms. The molecule has 0 aromatic heterocycles. The fourth-order valence-electron chi connectivity index (χ4n) is 2.63. The van der Waals surface area contributed by atoms with Gasteiger partial charge in [0.05, 0.1) is 5.16 Å². The van der Waals surface area contributed by atoms with E-state index in [1.54, 1.807) is 12.1 Å². The summed E-state index contributed by atoms with van der Waals surface area (Å²) in [6.45, 7) is 2.16. The Morgan fingerprint density at radius 2 is 1.41 bits per heavy atom. The number of isothiocyanates is 1. The van der Waals surface area contributed by atoms with E-state index in [0.717, 1.165) is 23.3 Å². The summed E-state index contributed by atoms with van der Waals surface area (Å²) in [6.07, 6.45) is 1.15. The first-order valence-corrected chi connectivity index (χ1v) is 10.4. The summed E-state index contributed by atoms with van der Waals surface area (Å²) in [7, 11) is 0. The van der Waals surface area contributed by atoms with Gasteiger partial charge in [-0.25, -0.2) is 8.78 Å². The molecule has 0 amide bonds. The lowest BCUT2D eigenvalue weighted by atomic mass is 10.0. The van der Waals surface area contributed by atoms with Crippen LogP contribution in [0, 0.1) is 23.5 Å². The van der Waals surface area contributed by atoms with Gasteiger partial charge in [0.15, 0.2) is 11.6 Å². The number of thioether (sulfide) groups is 1. The first kappa shape index (κ1) is 21.0. The Balaban J connectivity index is 1.76. The van der Waals surface area contributed by atoms with Crippen molar-refractivity contribution in [3.63, 3.8) is 0 Å². The van der Waals surface area contributed by atoms with Gasteiger partial charge in [0.25, 0.3) is 0 Å². The fraction of sp³-hybridized carbons (Fsp3) is 0.125. The monoisotopic (exact) mass is 421 g/mol. The second kappa shape index (κ2) is 10.1. The van der Waals surface area contributed by atoms with Crippen LogP contribution in [0.4, 0.5) is 14.5 Å². The molecular formula is C24H17F2NS2. The number of thiocarbonyl (C=S) groups is 1. The third kappa shape index (κ3) is 5.62. The van der Waals surface area contributed by atoms with Gasteiger partial charge in [-0.15, -0.1) is 11.8 Å². The first-order valence-electron chi connectivity index (χ1n) is 9.03. The van der Waals surface area contributed by atoms with Gasteiger partial charge < -0.3 is 0 Å². The zero-order valence-corrected chi connectivity index (χ0v) is 17.3. The predicted octanol–water partition coefficient (Wildman–Crippen LogP) is 7.27. The Morgan fingerprint density at radius 3 is 1.93 bits per heavy atom. The minimum absolute atomic E-state index is 0.419. The van der Waals surface area contributed by atoms with Crippen molar-refractivity contribution in [2.45, 2.75) is 18.2 Å². The Kier molecular flexibility index (Phi) is 7.32. The lowest BCUT2D eigenvalue weighted by molar-refractivity contribution is 0.588. The van der Waals surface area contributed by atoms with E-state index in [0.29, 0.717) is 11.1 Å². The molecule has 0 saturated carbocycles. The van der Waals surface area contributed by atoms with Crippen molar-refractivity contribution in [2.75, 3.05) is 5.75 Å². The zero-order valence-electron chi connectivity index (χ0n) is 15.7. The number of hydrogen-bond donors (Lipinski definition) is 0. The van der Waals surface area contributed by atoms with E-state index in [9.17, 15) is 8.78 Å². The van der Waals surface area contributed by atoms with E-state index in [1.165, 1.54) is 17.0 Å². The number of aliphatic imine (C=N–C) groups is 1. The third-order valence-corrected chi connectivity index (χ3v) is 5.38. The largest absolute Gasteiger partial charge is 0.204 e. The molecule has 0 unspecified atom stereocenters. The van der Waals surface area contributed by atoms with Gasteiger partial charge in [0.2, 0.25) is 0 Å². The van der Waals surface area contributed by atoms with Crippen molar-refractivity contribution in [1.82, 2.24) is 0 Å². The quantitative estimate of drug-likeness (QED) is 0.186. The summed E-state index contributed by atoms with van der Waals surface area (Å²) in [5.74, 6) is 5.80. The Labute approximate surface area is 178 Å². The number of halogens is 2. The summed E-state index contributed by atoms with van der Waals surface area (Å²) in [6, 6.07) is 17.8. The van der Waals surface area contributed by atoms with Gasteiger partial charge in [-0.2, -0.15) is 4.99 Å². The van der Waals surface area contributed by atoms with Crippen molar-refractivity contribution < 1.29 is 8.78 Å². The fourth-order valence-corrected chi connectivity index (χ4v) is 3.49. The average molecular weight is 422 g/mol. The molecule has 0 N–H and O–H groups in total. The van der Waals surface area contributed by atoms with Gasteiger partial charge >= 0.3 is 0 Å². The molecule has 144 valence electrons. The molecule has 0 atom stereocenters. The molecule has 0 radical (unpaired) electrons. The van der Waals surface area contributed by atoms with Gasteiger partial charge in [0.1, 0.15) is 5.69 Å². The van der Waals surface area contributed by atoms with Crippen molar-refractivity contribution in [1.29, 1.82) is 0 Å². The van der Waals surface area contributed by atoms with Crippen molar-refractivity contribution in [2.24, 2.45) is 4.99 Å². The molecule has 3 aromatic rings. The molecule has 0 aliphatic heterocycles. The summed E-state index contributed by atoms with van der Waals surface area (Å²) in [5, 5.41) is 1.98. The van der Waals surface area contributed by atoms with Crippen LogP contribution in [-0.2, 0) is 0 Å². The summed E-state index contributed by atoms with van der Waals surface area (Å²) in [4.78, 5) is 4.66. The van der Waals surface area contributed by atoms with E-state index < -0.39 is 17.3 Å². The number of hydrogen-bond acceptors (Lipinski definition) is 3. The molecule has 0 heterocycles. The lowest BCUT2D eigenvalue weighted by Gasteiger charge is -2.05. The van der Waals surface area contributed by atoms with Crippen LogP contribution >= 0.6 is 24.0 Å². The smallest absolute Gasteiger partial charge is 0.153 e. The molecule has 5 heteroatoms. The van der Waals surface area contributed by atoms with Crippen LogP contribution in [0.2, 0.25) is 0 Å². The average Bonchev–Trinajstić information content (AvgIpc) is 2.74. The van der Waals surface area contributed by atoms with E-state index in [1.807, 2.05) is 41.2 Å². The molecule has 0 saturated heterocycles. The maximum atomic E-state index is 14.0. The molecule has 0 fully saturated rings. The third-order valence-electron chi connectivity index (χ3n) is 4.07. The second-order valence-corrected chi connectivity index (χ2v) is 7.54. The van der Waals surface area contributed by atoms with Crippen LogP contribution in [-0.4, -0.2) is 10.9 Å². The maximum absolute atomic E-state index is 14.0. The number of benzene rings is 3. The topological polar surface area (TPSA) is 12.4 Å². The second-order valence-electron chi connectivity index (χ2n) is 6.19. The molecule has 0 aliphatic carbocycles. The highest BCUT2D eigenvalue weighted by Gasteiger charge is 2.11. The molecule has 0 aliphatic rings. The highest BCUT2D eigenvalue weighted by molar-refractivity contribution is 7.99. The minimum atomic E-state index is -0.776. The van der Waals surface area contributed by atoms with Crippen LogP contribution in [0.5, 0.6) is 0 Å². The first-order chi connectivity index (χ1) is 14.1. The molecule has 29 heavy (non-hydrogen) atoms. The van der Waals surface area contributed by atoms with Crippen LogP contribution in [0.1, 0.15) is 24.5 Å². The molecular weight excluding hydrogens is 404 g/mol. The van der Waals surface area contributed by atoms with Crippen molar-refractivity contribution in [3.05, 3.63) is 83.4 Å². The predicted molar refractivity (Wildman–Crippen MR) is 120 cm³/mol. The molecule has 0 bridgehead atoms. The summed E-state index contributed by atoms with van der Waals surface area (Å²) < 4.78 is 28.0. The van der Waals surface area contributed by atoms with Crippen LogP contribution in [0.15, 0.2) is 70.6 Å². The Morgan fingerprint density at radius 1 is 0.862 bits per heavy atom. The summed E-state index contributed by atoms with van der Waals surface area (Å²) >= 11 is 6.25. The molecule has 3 rings (SSSR count). The van der Waals surface area contributed by atoms with Crippen LogP contribution < -0.4 is 0 Å². The van der Waals surface area contributed by atoms with Crippen LogP contribution in [0.3, 0.4) is 0 Å². The van der Waals surface area contributed by atoms with Crippen molar-refractivity contribution >= 4 is 34.8 Å². The molecule has 3 aromatic carbocycles. The van der Waals surface area contributed by atoms with Gasteiger partial charge in [0, 0.05) is 16.0 Å². The SMILES string of the molecule is CCCSc1ccc(C#Cc2ccc(-c3cc(F)c(N=C=S)c(F)c3)cc2)cc1. The lowest BCUT2D eigenvalue weighted by Crippen LogP contribution is -1.87. The van der Waals surface area contributed by atoms with Crippen molar-refractivity contribution in [3.8, 4) is 23.0 Å². The standard InChI is InChI=1S/C24H17F2NS2/c1-2-13-29-21-11-7-18(8-12-21)4-3-17-5-9-19(10-6-17)20-14-22(25)24(27-16-28)23(26)15-20/h5-12,14-15H,2,13H2,1H3. The highest BCUT2D eigenvalue weighted by atomic mass is 32.2. The number of nitrogens with zero attached hydrogens (tertiary/aromatic N) is 1. The highest BCUT2D eigenvalue weighted by Crippen LogP contribution is 2.29. The zero-order chi connectivity index (χ0) is 20.6. The van der Waals surface area contributed by atoms with Gasteiger partial charge in [-0.3, -0.25) is 0 Å². The summed E-state index contributed by atoms with van der Waals surface area (Å²) in [5.41, 5.74) is 2.44. The van der Waals surface area contributed by atoms with Crippen LogP contribution in [0.25, 0.3) is 11.1 Å². The molecule has 1 nitrogen and oxygen atoms in total.